The van der Waals surface area contributed by atoms with Crippen molar-refractivity contribution in [3.05, 3.63) is 89.0 Å². The fourth-order valence-corrected chi connectivity index (χ4v) is 4.89. The lowest BCUT2D eigenvalue weighted by atomic mass is 9.98. The normalized spacial score (nSPS) is 15.0. The van der Waals surface area contributed by atoms with Crippen molar-refractivity contribution >= 4 is 11.8 Å². The van der Waals surface area contributed by atoms with Crippen molar-refractivity contribution in [2.24, 2.45) is 5.73 Å². The van der Waals surface area contributed by atoms with Crippen LogP contribution in [0, 0.1) is 12.3 Å². The SMILES string of the molecule is C#Cc1cc(CN)cc(N2CCN(C(=O)OCC3c4ccccc4-c4ccccc43)CC2)c1. The number of terminal acetylenes is 1. The van der Waals surface area contributed by atoms with Gasteiger partial charge in [0, 0.05) is 49.9 Å². The maximum atomic E-state index is 12.9. The number of amides is 1. The number of rotatable bonds is 4. The largest absolute Gasteiger partial charge is 0.448 e. The Balaban J connectivity index is 1.22. The molecule has 5 nitrogen and oxygen atoms in total. The van der Waals surface area contributed by atoms with E-state index in [1.807, 2.05) is 24.3 Å². The summed E-state index contributed by atoms with van der Waals surface area (Å²) in [5.41, 5.74) is 13.6. The molecule has 1 aliphatic carbocycles. The molecule has 0 unspecified atom stereocenters. The number of carbonyl (C=O) groups is 1. The van der Waals surface area contributed by atoms with Crippen LogP contribution in [0.2, 0.25) is 0 Å². The lowest BCUT2D eigenvalue weighted by Gasteiger charge is -2.36. The number of hydrogen-bond acceptors (Lipinski definition) is 4. The van der Waals surface area contributed by atoms with Crippen LogP contribution in [0.3, 0.4) is 0 Å². The summed E-state index contributed by atoms with van der Waals surface area (Å²) >= 11 is 0. The van der Waals surface area contributed by atoms with Gasteiger partial charge in [0.15, 0.2) is 0 Å². The first-order valence-electron chi connectivity index (χ1n) is 11.3. The molecular weight excluding hydrogens is 410 g/mol. The number of fused-ring (bicyclic) bond motifs is 3. The molecule has 1 aliphatic heterocycles. The molecule has 5 heteroatoms. The van der Waals surface area contributed by atoms with Gasteiger partial charge in [-0.1, -0.05) is 54.5 Å². The summed E-state index contributed by atoms with van der Waals surface area (Å²) in [5.74, 6) is 2.77. The van der Waals surface area contributed by atoms with Gasteiger partial charge < -0.3 is 20.3 Å². The van der Waals surface area contributed by atoms with Crippen LogP contribution < -0.4 is 10.6 Å². The molecule has 0 radical (unpaired) electrons. The highest BCUT2D eigenvalue weighted by Gasteiger charge is 2.30. The van der Waals surface area contributed by atoms with Crippen molar-refractivity contribution in [1.82, 2.24) is 4.90 Å². The van der Waals surface area contributed by atoms with Crippen LogP contribution in [0.4, 0.5) is 10.5 Å². The van der Waals surface area contributed by atoms with Crippen molar-refractivity contribution in [2.45, 2.75) is 12.5 Å². The molecule has 1 fully saturated rings. The van der Waals surface area contributed by atoms with E-state index < -0.39 is 0 Å². The summed E-state index contributed by atoms with van der Waals surface area (Å²) in [7, 11) is 0. The summed E-state index contributed by atoms with van der Waals surface area (Å²) in [6.45, 7) is 3.45. The number of carbonyl (C=O) groups excluding carboxylic acids is 1. The van der Waals surface area contributed by atoms with Gasteiger partial charge in [-0.25, -0.2) is 4.79 Å². The van der Waals surface area contributed by atoms with E-state index in [1.165, 1.54) is 22.3 Å². The van der Waals surface area contributed by atoms with Crippen LogP contribution in [-0.4, -0.2) is 43.8 Å². The zero-order chi connectivity index (χ0) is 22.8. The van der Waals surface area contributed by atoms with Crippen LogP contribution in [0.5, 0.6) is 0 Å². The third-order valence-corrected chi connectivity index (χ3v) is 6.62. The first-order valence-corrected chi connectivity index (χ1v) is 11.3. The highest BCUT2D eigenvalue weighted by molar-refractivity contribution is 5.79. The van der Waals surface area contributed by atoms with Crippen molar-refractivity contribution in [1.29, 1.82) is 0 Å². The van der Waals surface area contributed by atoms with E-state index in [0.717, 1.165) is 29.9 Å². The van der Waals surface area contributed by atoms with Crippen molar-refractivity contribution in [3.8, 4) is 23.5 Å². The maximum Gasteiger partial charge on any atom is 0.409 e. The van der Waals surface area contributed by atoms with Gasteiger partial charge in [0.1, 0.15) is 6.61 Å². The number of ether oxygens (including phenoxy) is 1. The quantitative estimate of drug-likeness (QED) is 0.622. The molecule has 0 aromatic heterocycles. The Hall–Kier alpha value is -3.75. The van der Waals surface area contributed by atoms with Gasteiger partial charge in [-0.15, -0.1) is 6.42 Å². The van der Waals surface area contributed by atoms with Gasteiger partial charge in [0.2, 0.25) is 0 Å². The molecule has 1 heterocycles. The molecular formula is C28H27N3O2. The van der Waals surface area contributed by atoms with E-state index in [-0.39, 0.29) is 12.0 Å². The Kier molecular flexibility index (Phi) is 5.77. The molecule has 2 aliphatic rings. The zero-order valence-corrected chi connectivity index (χ0v) is 18.5. The van der Waals surface area contributed by atoms with Crippen molar-refractivity contribution in [2.75, 3.05) is 37.7 Å². The van der Waals surface area contributed by atoms with Gasteiger partial charge in [-0.2, -0.15) is 0 Å². The Bertz CT molecular complexity index is 1180. The smallest absolute Gasteiger partial charge is 0.409 e. The van der Waals surface area contributed by atoms with Gasteiger partial charge in [-0.3, -0.25) is 0 Å². The number of hydrogen-bond donors (Lipinski definition) is 1. The Labute approximate surface area is 194 Å². The second kappa shape index (κ2) is 9.01. The van der Waals surface area contributed by atoms with Crippen LogP contribution >= 0.6 is 0 Å². The standard InChI is InChI=1S/C28H27N3O2/c1-2-20-15-21(18-29)17-22(16-20)30-11-13-31(14-12-30)28(32)33-19-27-25-9-5-3-7-23(25)24-8-4-6-10-26(24)27/h1,3-10,15-17,27H,11-14,18-19,29H2. The molecule has 3 aromatic rings. The first kappa shape index (κ1) is 21.1. The van der Waals surface area contributed by atoms with Crippen LogP contribution in [0.25, 0.3) is 11.1 Å². The number of nitrogens with two attached hydrogens (primary N) is 1. The van der Waals surface area contributed by atoms with Crippen LogP contribution in [0.15, 0.2) is 66.7 Å². The van der Waals surface area contributed by atoms with Gasteiger partial charge in [0.25, 0.3) is 0 Å². The van der Waals surface area contributed by atoms with Crippen molar-refractivity contribution in [3.63, 3.8) is 0 Å². The molecule has 2 N–H and O–H groups in total. The van der Waals surface area contributed by atoms with Crippen LogP contribution in [0.1, 0.15) is 28.2 Å². The Morgan fingerprint density at radius 1 is 0.970 bits per heavy atom. The molecule has 166 valence electrons. The highest BCUT2D eigenvalue weighted by Crippen LogP contribution is 2.44. The predicted octanol–water partition coefficient (Wildman–Crippen LogP) is 4.20. The lowest BCUT2D eigenvalue weighted by molar-refractivity contribution is 0.0977. The fraction of sp³-hybridized carbons (Fsp3) is 0.250. The van der Waals surface area contributed by atoms with Crippen molar-refractivity contribution < 1.29 is 9.53 Å². The van der Waals surface area contributed by atoms with E-state index in [0.29, 0.717) is 26.2 Å². The summed E-state index contributed by atoms with van der Waals surface area (Å²) in [4.78, 5) is 16.9. The number of anilines is 1. The molecule has 0 spiro atoms. The molecule has 0 atom stereocenters. The average Bonchev–Trinajstić information content (AvgIpc) is 3.20. The zero-order valence-electron chi connectivity index (χ0n) is 18.5. The molecule has 1 saturated heterocycles. The summed E-state index contributed by atoms with van der Waals surface area (Å²) in [5, 5.41) is 0. The average molecular weight is 438 g/mol. The third-order valence-electron chi connectivity index (χ3n) is 6.62. The van der Waals surface area contributed by atoms with Gasteiger partial charge >= 0.3 is 6.09 Å². The number of piperazine rings is 1. The van der Waals surface area contributed by atoms with E-state index in [1.54, 1.807) is 4.90 Å². The first-order chi connectivity index (χ1) is 16.2. The highest BCUT2D eigenvalue weighted by atomic mass is 16.6. The molecule has 3 aromatic carbocycles. The number of nitrogens with zero attached hydrogens (tertiary/aromatic N) is 2. The third kappa shape index (κ3) is 4.06. The van der Waals surface area contributed by atoms with Gasteiger partial charge in [0.05, 0.1) is 0 Å². The minimum atomic E-state index is -0.253. The maximum absolute atomic E-state index is 12.9. The minimum absolute atomic E-state index is 0.0730. The number of benzene rings is 3. The van der Waals surface area contributed by atoms with E-state index in [2.05, 4.69) is 53.3 Å². The molecule has 5 rings (SSSR count). The molecule has 33 heavy (non-hydrogen) atoms. The Morgan fingerprint density at radius 2 is 1.61 bits per heavy atom. The Morgan fingerprint density at radius 3 is 2.21 bits per heavy atom. The molecule has 1 amide bonds. The van der Waals surface area contributed by atoms with Gasteiger partial charge in [-0.05, 0) is 46.0 Å². The molecule has 0 saturated carbocycles. The summed E-state index contributed by atoms with van der Waals surface area (Å²) < 4.78 is 5.82. The van der Waals surface area contributed by atoms with Crippen LogP contribution in [-0.2, 0) is 11.3 Å². The fourth-order valence-electron chi connectivity index (χ4n) is 4.89. The second-order valence-corrected chi connectivity index (χ2v) is 8.51. The lowest BCUT2D eigenvalue weighted by Crippen LogP contribution is -2.49. The van der Waals surface area contributed by atoms with E-state index in [4.69, 9.17) is 16.9 Å². The summed E-state index contributed by atoms with van der Waals surface area (Å²) in [6, 6.07) is 22.8. The topological polar surface area (TPSA) is 58.8 Å². The monoisotopic (exact) mass is 437 g/mol. The molecule has 0 bridgehead atoms. The minimum Gasteiger partial charge on any atom is -0.448 e. The second-order valence-electron chi connectivity index (χ2n) is 8.51. The predicted molar refractivity (Wildman–Crippen MR) is 131 cm³/mol. The van der Waals surface area contributed by atoms with E-state index >= 15 is 0 Å². The summed E-state index contributed by atoms with van der Waals surface area (Å²) in [6.07, 6.45) is 5.35. The van der Waals surface area contributed by atoms with E-state index in [9.17, 15) is 4.79 Å².